The molecule has 1 aromatic heterocycles. The van der Waals surface area contributed by atoms with Gasteiger partial charge in [0.2, 0.25) is 0 Å². The summed E-state index contributed by atoms with van der Waals surface area (Å²) in [5, 5.41) is 5.29. The summed E-state index contributed by atoms with van der Waals surface area (Å²) < 4.78 is 14.0. The van der Waals surface area contributed by atoms with Crippen molar-refractivity contribution in [2.45, 2.75) is 25.3 Å². The molecule has 2 nitrogen and oxygen atoms in total. The van der Waals surface area contributed by atoms with Crippen LogP contribution < -0.4 is 5.32 Å². The van der Waals surface area contributed by atoms with Crippen LogP contribution >= 0.6 is 11.3 Å². The van der Waals surface area contributed by atoms with Gasteiger partial charge in [-0.3, -0.25) is 4.79 Å². The lowest BCUT2D eigenvalue weighted by Crippen LogP contribution is -2.32. The van der Waals surface area contributed by atoms with E-state index in [9.17, 15) is 9.18 Å². The molecule has 0 amide bonds. The molecule has 0 aliphatic heterocycles. The zero-order valence-electron chi connectivity index (χ0n) is 11.7. The molecule has 1 aliphatic carbocycles. The number of hydrogen-bond donors (Lipinski definition) is 1. The predicted octanol–water partition coefficient (Wildman–Crippen LogP) is 3.74. The zero-order chi connectivity index (χ0) is 14.7. The van der Waals surface area contributed by atoms with E-state index in [4.69, 9.17) is 0 Å². The van der Waals surface area contributed by atoms with Gasteiger partial charge in [-0.1, -0.05) is 24.3 Å². The average Bonchev–Trinajstić information content (AvgIpc) is 3.22. The van der Waals surface area contributed by atoms with Crippen molar-refractivity contribution in [1.82, 2.24) is 5.32 Å². The molecule has 1 fully saturated rings. The third-order valence-corrected chi connectivity index (χ3v) is 4.72. The van der Waals surface area contributed by atoms with E-state index >= 15 is 0 Å². The van der Waals surface area contributed by atoms with Crippen LogP contribution in [-0.2, 0) is 11.2 Å². The van der Waals surface area contributed by atoms with E-state index in [2.05, 4.69) is 11.4 Å². The molecule has 1 heterocycles. The van der Waals surface area contributed by atoms with Gasteiger partial charge in [0.05, 0.1) is 6.04 Å². The molecule has 0 spiro atoms. The first-order valence-electron chi connectivity index (χ1n) is 7.29. The Kier molecular flexibility index (Phi) is 4.46. The van der Waals surface area contributed by atoms with E-state index < -0.39 is 6.04 Å². The normalized spacial score (nSPS) is 15.9. The molecule has 3 rings (SSSR count). The lowest BCUT2D eigenvalue weighted by atomic mass is 9.99. The van der Waals surface area contributed by atoms with Gasteiger partial charge >= 0.3 is 0 Å². The second-order valence-electron chi connectivity index (χ2n) is 5.41. The molecule has 1 N–H and O–H groups in total. The van der Waals surface area contributed by atoms with Crippen molar-refractivity contribution in [1.29, 1.82) is 0 Å². The van der Waals surface area contributed by atoms with Crippen LogP contribution in [0, 0.1) is 11.7 Å². The molecule has 1 saturated carbocycles. The van der Waals surface area contributed by atoms with Crippen molar-refractivity contribution in [3.63, 3.8) is 0 Å². The number of ketones is 1. The van der Waals surface area contributed by atoms with E-state index in [0.717, 1.165) is 19.3 Å². The summed E-state index contributed by atoms with van der Waals surface area (Å²) in [7, 11) is 0. The Morgan fingerprint density at radius 1 is 1.29 bits per heavy atom. The standard InChI is InChI=1S/C17H18FNOS/c18-15-6-2-1-5-14(15)16(17(20)12-7-8-12)19-10-9-13-4-3-11-21-13/h1-6,11-12,16,19H,7-10H2. The number of benzene rings is 1. The largest absolute Gasteiger partial charge is 0.303 e. The SMILES string of the molecule is O=C(C1CC1)C(NCCc1cccs1)c1ccccc1F. The fourth-order valence-electron chi connectivity index (χ4n) is 2.47. The summed E-state index contributed by atoms with van der Waals surface area (Å²) in [6.45, 7) is 0.679. The fraction of sp³-hybridized carbons (Fsp3) is 0.353. The molecule has 0 bridgehead atoms. The average molecular weight is 303 g/mol. The fourth-order valence-corrected chi connectivity index (χ4v) is 3.18. The summed E-state index contributed by atoms with van der Waals surface area (Å²) in [6, 6.07) is 10.1. The van der Waals surface area contributed by atoms with Crippen LogP contribution in [0.1, 0.15) is 29.3 Å². The third-order valence-electron chi connectivity index (χ3n) is 3.78. The van der Waals surface area contributed by atoms with E-state index in [-0.39, 0.29) is 17.5 Å². The number of thiophene rings is 1. The molecular weight excluding hydrogens is 285 g/mol. The summed E-state index contributed by atoms with van der Waals surface area (Å²) in [6.07, 6.45) is 2.74. The Morgan fingerprint density at radius 2 is 2.10 bits per heavy atom. The monoisotopic (exact) mass is 303 g/mol. The second kappa shape index (κ2) is 6.50. The van der Waals surface area contributed by atoms with Gasteiger partial charge in [-0.2, -0.15) is 0 Å². The minimum Gasteiger partial charge on any atom is -0.303 e. The quantitative estimate of drug-likeness (QED) is 0.844. The maximum absolute atomic E-state index is 14.0. The van der Waals surface area contributed by atoms with Crippen LogP contribution in [0.25, 0.3) is 0 Å². The van der Waals surface area contributed by atoms with Crippen LogP contribution in [0.15, 0.2) is 41.8 Å². The number of hydrogen-bond acceptors (Lipinski definition) is 3. The molecule has 1 atom stereocenters. The Morgan fingerprint density at radius 3 is 2.76 bits per heavy atom. The lowest BCUT2D eigenvalue weighted by Gasteiger charge is -2.18. The number of Topliss-reactive ketones (excluding diaryl/α,β-unsaturated/α-hetero) is 1. The van der Waals surface area contributed by atoms with E-state index in [1.165, 1.54) is 10.9 Å². The highest BCUT2D eigenvalue weighted by Gasteiger charge is 2.36. The number of rotatable bonds is 7. The Bertz CT molecular complexity index is 607. The van der Waals surface area contributed by atoms with Gasteiger partial charge in [0.1, 0.15) is 5.82 Å². The Balaban J connectivity index is 1.70. The van der Waals surface area contributed by atoms with Gasteiger partial charge in [-0.15, -0.1) is 11.3 Å². The molecular formula is C17H18FNOS. The molecule has 2 aromatic rings. The van der Waals surface area contributed by atoms with Crippen molar-refractivity contribution < 1.29 is 9.18 Å². The first-order valence-corrected chi connectivity index (χ1v) is 8.17. The van der Waals surface area contributed by atoms with Crippen LogP contribution in [0.4, 0.5) is 4.39 Å². The molecule has 1 unspecified atom stereocenters. The lowest BCUT2D eigenvalue weighted by molar-refractivity contribution is -0.122. The van der Waals surface area contributed by atoms with Gasteiger partial charge in [0.15, 0.2) is 5.78 Å². The van der Waals surface area contributed by atoms with E-state index in [1.807, 2.05) is 11.4 Å². The molecule has 4 heteroatoms. The van der Waals surface area contributed by atoms with Crippen LogP contribution in [0.2, 0.25) is 0 Å². The van der Waals surface area contributed by atoms with Gasteiger partial charge in [0, 0.05) is 22.9 Å². The first kappa shape index (κ1) is 14.4. The number of halogens is 1. The number of carbonyl (C=O) groups is 1. The predicted molar refractivity (Wildman–Crippen MR) is 82.9 cm³/mol. The smallest absolute Gasteiger partial charge is 0.157 e. The Labute approximate surface area is 128 Å². The molecule has 0 radical (unpaired) electrons. The van der Waals surface area contributed by atoms with Crippen molar-refractivity contribution >= 4 is 17.1 Å². The number of carbonyl (C=O) groups excluding carboxylic acids is 1. The van der Waals surface area contributed by atoms with Crippen LogP contribution in [0.5, 0.6) is 0 Å². The summed E-state index contributed by atoms with van der Waals surface area (Å²) in [5.41, 5.74) is 0.473. The van der Waals surface area contributed by atoms with Gasteiger partial charge in [-0.25, -0.2) is 4.39 Å². The van der Waals surface area contributed by atoms with Crippen molar-refractivity contribution in [3.05, 3.63) is 58.0 Å². The van der Waals surface area contributed by atoms with Crippen molar-refractivity contribution in [2.24, 2.45) is 5.92 Å². The molecule has 0 saturated heterocycles. The van der Waals surface area contributed by atoms with E-state index in [0.29, 0.717) is 12.1 Å². The zero-order valence-corrected chi connectivity index (χ0v) is 12.5. The third kappa shape index (κ3) is 3.57. The van der Waals surface area contributed by atoms with Crippen molar-refractivity contribution in [3.8, 4) is 0 Å². The highest BCUT2D eigenvalue weighted by Crippen LogP contribution is 2.35. The van der Waals surface area contributed by atoms with Gasteiger partial charge in [-0.05, 0) is 36.8 Å². The van der Waals surface area contributed by atoms with Crippen molar-refractivity contribution in [2.75, 3.05) is 6.54 Å². The minimum atomic E-state index is -0.515. The topological polar surface area (TPSA) is 29.1 Å². The van der Waals surface area contributed by atoms with Crippen LogP contribution in [0.3, 0.4) is 0 Å². The maximum atomic E-state index is 14.0. The molecule has 1 aliphatic rings. The number of nitrogens with one attached hydrogen (secondary N) is 1. The van der Waals surface area contributed by atoms with E-state index in [1.54, 1.807) is 29.5 Å². The summed E-state index contributed by atoms with van der Waals surface area (Å²) >= 11 is 1.70. The van der Waals surface area contributed by atoms with Gasteiger partial charge in [0.25, 0.3) is 0 Å². The molecule has 110 valence electrons. The maximum Gasteiger partial charge on any atom is 0.157 e. The van der Waals surface area contributed by atoms with Gasteiger partial charge < -0.3 is 5.32 Å². The second-order valence-corrected chi connectivity index (χ2v) is 6.45. The summed E-state index contributed by atoms with van der Waals surface area (Å²) in [5.74, 6) is -0.0600. The summed E-state index contributed by atoms with van der Waals surface area (Å²) in [4.78, 5) is 13.7. The highest BCUT2D eigenvalue weighted by molar-refractivity contribution is 7.09. The first-order chi connectivity index (χ1) is 10.3. The molecule has 21 heavy (non-hydrogen) atoms. The highest BCUT2D eigenvalue weighted by atomic mass is 32.1. The Hall–Kier alpha value is -1.52. The molecule has 1 aromatic carbocycles. The minimum absolute atomic E-state index is 0.115. The van der Waals surface area contributed by atoms with Crippen LogP contribution in [-0.4, -0.2) is 12.3 Å².